The largest absolute Gasteiger partial charge is 0.473 e. The average Bonchev–Trinajstić information content (AvgIpc) is 2.35. The van der Waals surface area contributed by atoms with Crippen LogP contribution in [-0.2, 0) is 41.9 Å². The maximum absolute atomic E-state index is 14.4. The molecule has 7 amide bonds. The standard InChI is InChI=1S/C56H55N15O11S6/c1-24(2)39-55-70-42(36(88-55)19-81-4)47(78)59-16-38(74)67-43(44(75)25-9-6-5-7-10-25)54-66-33(23-86-54)52-63-30(20-84-52)40-26(50-64-31(21-83-50)46(77)61-28(15-37(73)58-3)53-69-41(48(79)68-39)35(17-72)87-53)12-13-27(60-40)51-65-32(22-85-51)49-62-29(18-82-49)56(80)71-14-8-11-34(71)45(57)76/h5-7,9-10,12-13,20-24,28-29,34,39,43-44,72,75H,8,11,14-19H2,1-4H3,(H2,57,76)(H,58,73)(H,59,78)(H,61,77)(H,67,74)(H,68,79). The molecule has 11 rings (SSSR count). The molecule has 0 spiro atoms. The quantitative estimate of drug-likeness (QED) is 0.0787. The number of rotatable bonds is 12. The van der Waals surface area contributed by atoms with Crippen LogP contribution < -0.4 is 32.3 Å². The van der Waals surface area contributed by atoms with Gasteiger partial charge in [-0.1, -0.05) is 44.2 Å². The lowest BCUT2D eigenvalue weighted by molar-refractivity contribution is -0.138. The number of methoxy groups -OCH3 is 1. The molecule has 456 valence electrons. The van der Waals surface area contributed by atoms with E-state index in [1.54, 1.807) is 64.0 Å². The molecule has 0 radical (unpaired) electrons. The van der Waals surface area contributed by atoms with Gasteiger partial charge in [-0.3, -0.25) is 33.6 Å². The monoisotopic (exact) mass is 1310 g/mol. The fraction of sp³-hybridized carbons (Fsp3) is 0.339. The number of aliphatic hydroxyl groups is 2. The second-order valence-electron chi connectivity index (χ2n) is 20.6. The molecule has 6 unspecified atom stereocenters. The molecule has 6 atom stereocenters. The first-order valence-electron chi connectivity index (χ1n) is 27.4. The van der Waals surface area contributed by atoms with E-state index in [2.05, 4.69) is 41.5 Å². The fourth-order valence-electron chi connectivity index (χ4n) is 9.87. The van der Waals surface area contributed by atoms with Crippen LogP contribution in [0.15, 0.2) is 69.0 Å². The summed E-state index contributed by atoms with van der Waals surface area (Å²) in [6, 6.07) is 7.61. The molecule has 1 saturated heterocycles. The van der Waals surface area contributed by atoms with Gasteiger partial charge in [-0.25, -0.2) is 39.9 Å². The number of aromatic nitrogens is 7. The number of nitrogens with zero attached hydrogens (tertiary/aromatic N) is 9. The van der Waals surface area contributed by atoms with E-state index in [1.165, 1.54) is 53.1 Å². The van der Waals surface area contributed by atoms with Gasteiger partial charge in [0, 0.05) is 47.8 Å². The Labute approximate surface area is 525 Å². The molecule has 26 nitrogen and oxygen atoms in total. The van der Waals surface area contributed by atoms with Gasteiger partial charge in [0.25, 0.3) is 23.6 Å². The normalized spacial score (nSPS) is 19.5. The molecule has 7 aromatic heterocycles. The first-order chi connectivity index (χ1) is 42.5. The Hall–Kier alpha value is -8.21. The van der Waals surface area contributed by atoms with Crippen molar-refractivity contribution >= 4 is 115 Å². The van der Waals surface area contributed by atoms with Crippen LogP contribution in [0.1, 0.15) is 125 Å². The van der Waals surface area contributed by atoms with E-state index >= 15 is 0 Å². The van der Waals surface area contributed by atoms with E-state index < -0.39 is 84.9 Å². The molecule has 3 aliphatic rings. The summed E-state index contributed by atoms with van der Waals surface area (Å²) in [6.07, 6.45) is -0.478. The van der Waals surface area contributed by atoms with Crippen molar-refractivity contribution in [3.05, 3.63) is 117 Å². The number of amides is 7. The number of carbonyl (C=O) groups is 7. The Kier molecular flexibility index (Phi) is 18.6. The van der Waals surface area contributed by atoms with Crippen LogP contribution in [0.5, 0.6) is 0 Å². The van der Waals surface area contributed by atoms with Crippen molar-refractivity contribution in [3.8, 4) is 43.4 Å². The van der Waals surface area contributed by atoms with Crippen LogP contribution in [-0.4, -0.2) is 143 Å². The third-order valence-corrected chi connectivity index (χ3v) is 20.1. The SMILES string of the molecule is CNC(=O)CC1NC(=O)c2csc(n2)-c2ccc(-c3nc(C4=NC(C(=O)N5CCCC5C(N)=O)CO4)cs3)nc2-c2csc(n2)-c2csc(n2)C(C(O)c2ccccc2)NC(=O)CNC(=O)c2nc(sc2COC)C(C(C)C)NC(=O)c2nc1sc2CO. The van der Waals surface area contributed by atoms with E-state index in [1.807, 2.05) is 13.8 Å². The van der Waals surface area contributed by atoms with Gasteiger partial charge in [-0.2, -0.15) is 0 Å². The van der Waals surface area contributed by atoms with Gasteiger partial charge in [0.1, 0.15) is 94.7 Å². The Balaban J connectivity index is 0.975. The molecule has 10 heterocycles. The van der Waals surface area contributed by atoms with Crippen LogP contribution in [0, 0.1) is 5.92 Å². The second kappa shape index (κ2) is 26.6. The van der Waals surface area contributed by atoms with E-state index in [0.717, 1.165) is 34.0 Å². The minimum absolute atomic E-state index is 0.0243. The van der Waals surface area contributed by atoms with E-state index in [0.29, 0.717) is 88.9 Å². The van der Waals surface area contributed by atoms with Crippen molar-refractivity contribution in [2.45, 2.75) is 82.6 Å². The Bertz CT molecular complexity index is 4010. The van der Waals surface area contributed by atoms with Crippen molar-refractivity contribution in [2.24, 2.45) is 16.6 Å². The molecule has 8 aromatic rings. The lowest BCUT2D eigenvalue weighted by Gasteiger charge is -2.23. The molecule has 1 fully saturated rings. The summed E-state index contributed by atoms with van der Waals surface area (Å²) >= 11 is 6.88. The van der Waals surface area contributed by atoms with Gasteiger partial charge in [0.15, 0.2) is 6.04 Å². The molecule has 0 saturated carbocycles. The average molecular weight is 1310 g/mol. The smallest absolute Gasteiger partial charge is 0.271 e. The number of likely N-dealkylation sites (tertiary alicyclic amines) is 1. The molecular weight excluding hydrogens is 1250 g/mol. The Morgan fingerprint density at radius 3 is 2.19 bits per heavy atom. The molecule has 10 bridgehead atoms. The van der Waals surface area contributed by atoms with Gasteiger partial charge in [-0.15, -0.1) is 68.0 Å². The number of hydrogen-bond donors (Lipinski definition) is 8. The number of nitrogens with two attached hydrogens (primary N) is 1. The number of pyridine rings is 1. The summed E-state index contributed by atoms with van der Waals surface area (Å²) in [5.41, 5.74) is 8.23. The number of nitrogens with one attached hydrogen (secondary N) is 5. The number of primary amides is 1. The van der Waals surface area contributed by atoms with Crippen LogP contribution in [0.3, 0.4) is 0 Å². The van der Waals surface area contributed by atoms with Crippen LogP contribution in [0.2, 0.25) is 0 Å². The highest BCUT2D eigenvalue weighted by molar-refractivity contribution is 7.15. The maximum Gasteiger partial charge on any atom is 0.271 e. The predicted molar refractivity (Wildman–Crippen MR) is 328 cm³/mol. The summed E-state index contributed by atoms with van der Waals surface area (Å²) < 4.78 is 11.3. The maximum atomic E-state index is 14.4. The summed E-state index contributed by atoms with van der Waals surface area (Å²) in [5.74, 6) is -4.30. The zero-order chi connectivity index (χ0) is 61.9. The third-order valence-electron chi connectivity index (χ3n) is 14.3. The van der Waals surface area contributed by atoms with Gasteiger partial charge >= 0.3 is 0 Å². The topological polar surface area (TPSA) is 370 Å². The first-order valence-corrected chi connectivity index (χ1v) is 32.5. The van der Waals surface area contributed by atoms with Gasteiger partial charge in [0.05, 0.1) is 53.7 Å². The lowest BCUT2D eigenvalue weighted by Crippen LogP contribution is -2.47. The highest BCUT2D eigenvalue weighted by atomic mass is 32.1. The molecule has 1 aromatic carbocycles. The number of carbonyl (C=O) groups excluding carboxylic acids is 7. The predicted octanol–water partition coefficient (Wildman–Crippen LogP) is 5.12. The van der Waals surface area contributed by atoms with Crippen molar-refractivity contribution in [1.82, 2.24) is 66.4 Å². The summed E-state index contributed by atoms with van der Waals surface area (Å²) in [7, 11) is 2.89. The number of benzene rings is 1. The van der Waals surface area contributed by atoms with Gasteiger partial charge < -0.3 is 56.9 Å². The zero-order valence-corrected chi connectivity index (χ0v) is 52.1. The van der Waals surface area contributed by atoms with Crippen molar-refractivity contribution in [1.29, 1.82) is 0 Å². The fourth-order valence-corrected chi connectivity index (χ4v) is 15.4. The minimum atomic E-state index is -1.30. The van der Waals surface area contributed by atoms with E-state index in [4.69, 9.17) is 40.1 Å². The molecule has 3 aliphatic heterocycles. The summed E-state index contributed by atoms with van der Waals surface area (Å²) in [4.78, 5) is 136. The summed E-state index contributed by atoms with van der Waals surface area (Å²) in [6.45, 7) is 2.84. The first kappa shape index (κ1) is 61.4. The zero-order valence-electron chi connectivity index (χ0n) is 47.2. The van der Waals surface area contributed by atoms with Crippen LogP contribution in [0.4, 0.5) is 0 Å². The second-order valence-corrected chi connectivity index (χ2v) is 26.2. The van der Waals surface area contributed by atoms with Crippen LogP contribution in [0.25, 0.3) is 43.4 Å². The molecule has 32 heteroatoms. The minimum Gasteiger partial charge on any atom is -0.473 e. The number of aliphatic imine (C=N–C) groups is 1. The molecule has 0 aliphatic carbocycles. The third kappa shape index (κ3) is 13.0. The van der Waals surface area contributed by atoms with Crippen molar-refractivity contribution < 1.29 is 53.2 Å². The lowest BCUT2D eigenvalue weighted by atomic mass is 10.0. The van der Waals surface area contributed by atoms with Crippen LogP contribution >= 0.6 is 68.0 Å². The Morgan fingerprint density at radius 2 is 1.44 bits per heavy atom. The molecule has 9 N–H and O–H groups in total. The highest BCUT2D eigenvalue weighted by Crippen LogP contribution is 2.40. The number of fused-ring (bicyclic) bond motifs is 14. The summed E-state index contributed by atoms with van der Waals surface area (Å²) in [5, 5.41) is 45.3. The molecular formula is C56H55N15O11S6. The number of thiazole rings is 6. The van der Waals surface area contributed by atoms with Crippen molar-refractivity contribution in [3.63, 3.8) is 0 Å². The molecule has 88 heavy (non-hydrogen) atoms. The van der Waals surface area contributed by atoms with Gasteiger partial charge in [0.2, 0.25) is 23.6 Å². The number of hydrogen-bond acceptors (Lipinski definition) is 25. The Morgan fingerprint density at radius 1 is 0.750 bits per heavy atom. The number of ether oxygens (including phenoxy) is 2. The van der Waals surface area contributed by atoms with E-state index in [9.17, 15) is 43.8 Å². The highest BCUT2D eigenvalue weighted by Gasteiger charge is 2.39. The van der Waals surface area contributed by atoms with Gasteiger partial charge in [-0.05, 0) is 36.5 Å². The van der Waals surface area contributed by atoms with E-state index in [-0.39, 0.29) is 64.3 Å². The number of aliphatic hydroxyl groups excluding tert-OH is 2. The van der Waals surface area contributed by atoms with Crippen molar-refractivity contribution in [2.75, 3.05) is 33.9 Å².